The maximum Gasteiger partial charge on any atom is 0.232 e. The van der Waals surface area contributed by atoms with Crippen LogP contribution in [0.15, 0.2) is 29.4 Å². The zero-order valence-corrected chi connectivity index (χ0v) is 18.5. The molecule has 0 aliphatic carbocycles. The number of fused-ring (bicyclic) bond motifs is 1. The van der Waals surface area contributed by atoms with Crippen LogP contribution in [0.4, 0.5) is 0 Å². The predicted octanol–water partition coefficient (Wildman–Crippen LogP) is 1.11. The van der Waals surface area contributed by atoms with Crippen molar-refractivity contribution >= 4 is 27.5 Å². The maximum atomic E-state index is 12.6. The molecule has 2 atom stereocenters. The van der Waals surface area contributed by atoms with E-state index in [1.165, 1.54) is 11.8 Å². The Kier molecular flexibility index (Phi) is 5.92. The number of hydrogen-bond acceptors (Lipinski definition) is 8. The number of aromatic nitrogens is 3. The fraction of sp³-hybridized carbons (Fsp3) is 0.526. The van der Waals surface area contributed by atoms with Crippen molar-refractivity contribution < 1.29 is 22.7 Å². The van der Waals surface area contributed by atoms with E-state index in [-0.39, 0.29) is 35.2 Å². The number of thioether (sulfide) groups is 1. The number of nitrogens with zero attached hydrogens (tertiary/aromatic N) is 4. The lowest BCUT2D eigenvalue weighted by molar-refractivity contribution is -0.128. The first kappa shape index (κ1) is 21.0. The van der Waals surface area contributed by atoms with Crippen LogP contribution >= 0.6 is 11.8 Å². The van der Waals surface area contributed by atoms with Crippen LogP contribution < -0.4 is 9.47 Å². The SMILES string of the molecule is CN(C[C@@H]1COc2ccccc2O1)C(=O)CSc1nnc([C@H]2CCS(=O)(=O)C2)n1C. The van der Waals surface area contributed by atoms with E-state index >= 15 is 0 Å². The molecular weight excluding hydrogens is 428 g/mol. The number of hydrogen-bond donors (Lipinski definition) is 0. The first-order chi connectivity index (χ1) is 14.3. The Bertz CT molecular complexity index is 1040. The van der Waals surface area contributed by atoms with Crippen LogP contribution in [0.2, 0.25) is 0 Å². The molecule has 3 heterocycles. The summed E-state index contributed by atoms with van der Waals surface area (Å²) in [4.78, 5) is 14.2. The third kappa shape index (κ3) is 4.56. The molecule has 0 radical (unpaired) electrons. The zero-order chi connectivity index (χ0) is 21.3. The Morgan fingerprint density at radius 1 is 1.30 bits per heavy atom. The highest BCUT2D eigenvalue weighted by atomic mass is 32.2. The van der Waals surface area contributed by atoms with Gasteiger partial charge in [0.1, 0.15) is 12.4 Å². The molecular formula is C19H24N4O5S2. The predicted molar refractivity (Wildman–Crippen MR) is 112 cm³/mol. The molecule has 2 aliphatic rings. The number of likely N-dealkylation sites (N-methyl/N-ethyl adjacent to an activating group) is 1. The van der Waals surface area contributed by atoms with Crippen LogP contribution in [0.3, 0.4) is 0 Å². The average Bonchev–Trinajstić information content (AvgIpc) is 3.27. The molecule has 162 valence electrons. The Labute approximate surface area is 179 Å². The summed E-state index contributed by atoms with van der Waals surface area (Å²) in [5, 5.41) is 8.91. The molecule has 0 spiro atoms. The number of rotatable bonds is 6. The second-order valence-corrected chi connectivity index (χ2v) is 10.7. The van der Waals surface area contributed by atoms with Crippen LogP contribution in [-0.2, 0) is 21.7 Å². The van der Waals surface area contributed by atoms with E-state index in [0.29, 0.717) is 42.1 Å². The molecule has 1 amide bonds. The van der Waals surface area contributed by atoms with Crippen molar-refractivity contribution in [2.24, 2.45) is 7.05 Å². The summed E-state index contributed by atoms with van der Waals surface area (Å²) in [5.41, 5.74) is 0. The molecule has 2 aliphatic heterocycles. The van der Waals surface area contributed by atoms with Gasteiger partial charge in [-0.25, -0.2) is 8.42 Å². The van der Waals surface area contributed by atoms with Crippen LogP contribution in [0.5, 0.6) is 11.5 Å². The lowest BCUT2D eigenvalue weighted by atomic mass is 10.1. The smallest absolute Gasteiger partial charge is 0.232 e. The molecule has 1 saturated heterocycles. The number of para-hydroxylation sites is 2. The van der Waals surface area contributed by atoms with Crippen molar-refractivity contribution in [2.75, 3.05) is 37.5 Å². The summed E-state index contributed by atoms with van der Waals surface area (Å²) in [7, 11) is 0.550. The summed E-state index contributed by atoms with van der Waals surface area (Å²) in [6.45, 7) is 0.802. The Balaban J connectivity index is 1.30. The van der Waals surface area contributed by atoms with Gasteiger partial charge in [-0.15, -0.1) is 10.2 Å². The first-order valence-corrected chi connectivity index (χ1v) is 12.5. The van der Waals surface area contributed by atoms with Crippen molar-refractivity contribution in [2.45, 2.75) is 23.6 Å². The third-order valence-corrected chi connectivity index (χ3v) is 8.03. The third-order valence-electron chi connectivity index (χ3n) is 5.26. The minimum absolute atomic E-state index is 0.0598. The Morgan fingerprint density at radius 2 is 2.07 bits per heavy atom. The first-order valence-electron chi connectivity index (χ1n) is 9.67. The van der Waals surface area contributed by atoms with Gasteiger partial charge in [-0.2, -0.15) is 0 Å². The molecule has 4 rings (SSSR count). The molecule has 2 aromatic rings. The summed E-state index contributed by atoms with van der Waals surface area (Å²) in [6.07, 6.45) is 0.331. The number of amides is 1. The molecule has 0 unspecified atom stereocenters. The second-order valence-electron chi connectivity index (χ2n) is 7.56. The molecule has 30 heavy (non-hydrogen) atoms. The molecule has 0 saturated carbocycles. The Morgan fingerprint density at radius 3 is 2.80 bits per heavy atom. The van der Waals surface area contributed by atoms with Gasteiger partial charge in [0.25, 0.3) is 0 Å². The van der Waals surface area contributed by atoms with Crippen LogP contribution in [-0.4, -0.2) is 77.6 Å². The minimum Gasteiger partial charge on any atom is -0.486 e. The number of ether oxygens (including phenoxy) is 2. The standard InChI is InChI=1S/C19H24N4O5S2/c1-22(9-14-10-27-15-5-3-4-6-16(15)28-14)17(24)11-29-19-21-20-18(23(19)2)13-7-8-30(25,26)12-13/h3-6,13-14H,7-12H2,1-2H3/t13-,14+/m0/s1. The van der Waals surface area contributed by atoms with Gasteiger partial charge in [0.15, 0.2) is 32.6 Å². The lowest BCUT2D eigenvalue weighted by Gasteiger charge is -2.29. The van der Waals surface area contributed by atoms with Crippen LogP contribution in [0.25, 0.3) is 0 Å². The molecule has 0 N–H and O–H groups in total. The van der Waals surface area contributed by atoms with Crippen molar-refractivity contribution in [1.29, 1.82) is 0 Å². The fourth-order valence-corrected chi connectivity index (χ4v) is 6.20. The second kappa shape index (κ2) is 8.46. The highest BCUT2D eigenvalue weighted by molar-refractivity contribution is 7.99. The highest BCUT2D eigenvalue weighted by Crippen LogP contribution is 2.31. The highest BCUT2D eigenvalue weighted by Gasteiger charge is 2.32. The van der Waals surface area contributed by atoms with E-state index in [4.69, 9.17) is 9.47 Å². The number of carbonyl (C=O) groups is 1. The summed E-state index contributed by atoms with van der Waals surface area (Å²) in [5.74, 6) is 2.37. The van der Waals surface area contributed by atoms with E-state index in [9.17, 15) is 13.2 Å². The largest absolute Gasteiger partial charge is 0.486 e. The van der Waals surface area contributed by atoms with Crippen LogP contribution in [0, 0.1) is 0 Å². The van der Waals surface area contributed by atoms with E-state index in [2.05, 4.69) is 10.2 Å². The van der Waals surface area contributed by atoms with Gasteiger partial charge >= 0.3 is 0 Å². The van der Waals surface area contributed by atoms with Crippen molar-refractivity contribution in [3.63, 3.8) is 0 Å². The number of sulfone groups is 1. The van der Waals surface area contributed by atoms with Gasteiger partial charge in [-0.05, 0) is 18.6 Å². The van der Waals surface area contributed by atoms with Crippen molar-refractivity contribution in [3.8, 4) is 11.5 Å². The van der Waals surface area contributed by atoms with Gasteiger partial charge in [0, 0.05) is 20.0 Å². The van der Waals surface area contributed by atoms with Gasteiger partial charge in [0.2, 0.25) is 5.91 Å². The fourth-order valence-electron chi connectivity index (χ4n) is 3.60. The average molecular weight is 453 g/mol. The summed E-state index contributed by atoms with van der Waals surface area (Å²) in [6, 6.07) is 7.47. The van der Waals surface area contributed by atoms with Gasteiger partial charge < -0.3 is 18.9 Å². The maximum absolute atomic E-state index is 12.6. The lowest BCUT2D eigenvalue weighted by Crippen LogP contribution is -2.42. The van der Waals surface area contributed by atoms with Crippen molar-refractivity contribution in [1.82, 2.24) is 19.7 Å². The zero-order valence-electron chi connectivity index (χ0n) is 16.9. The van der Waals surface area contributed by atoms with E-state index in [1.807, 2.05) is 24.3 Å². The quantitative estimate of drug-likeness (QED) is 0.601. The van der Waals surface area contributed by atoms with E-state index in [1.54, 1.807) is 23.6 Å². The molecule has 1 aromatic heterocycles. The topological polar surface area (TPSA) is 104 Å². The van der Waals surface area contributed by atoms with Crippen molar-refractivity contribution in [3.05, 3.63) is 30.1 Å². The monoisotopic (exact) mass is 452 g/mol. The molecule has 1 aromatic carbocycles. The Hall–Kier alpha value is -2.27. The normalized spacial score (nSPS) is 22.1. The van der Waals surface area contributed by atoms with Gasteiger partial charge in [0.05, 0.1) is 23.8 Å². The molecule has 0 bridgehead atoms. The molecule has 11 heteroatoms. The van der Waals surface area contributed by atoms with Gasteiger partial charge in [-0.1, -0.05) is 23.9 Å². The van der Waals surface area contributed by atoms with E-state index in [0.717, 1.165) is 0 Å². The van der Waals surface area contributed by atoms with Crippen LogP contribution in [0.1, 0.15) is 18.2 Å². The number of carbonyl (C=O) groups excluding carboxylic acids is 1. The summed E-state index contributed by atoms with van der Waals surface area (Å²) >= 11 is 1.29. The molecule has 9 nitrogen and oxygen atoms in total. The van der Waals surface area contributed by atoms with Gasteiger partial charge in [-0.3, -0.25) is 4.79 Å². The summed E-state index contributed by atoms with van der Waals surface area (Å²) < 4.78 is 36.8. The van der Waals surface area contributed by atoms with E-state index < -0.39 is 9.84 Å². The number of benzene rings is 1. The minimum atomic E-state index is -2.99. The molecule has 1 fully saturated rings.